The van der Waals surface area contributed by atoms with E-state index in [0.717, 1.165) is 13.0 Å². The van der Waals surface area contributed by atoms with E-state index in [1.165, 1.54) is 16.7 Å². The van der Waals surface area contributed by atoms with Gasteiger partial charge in [-0.1, -0.05) is 32.0 Å². The molecule has 0 spiro atoms. The van der Waals surface area contributed by atoms with Gasteiger partial charge in [0.15, 0.2) is 0 Å². The summed E-state index contributed by atoms with van der Waals surface area (Å²) in [7, 11) is 2.10. The zero-order chi connectivity index (χ0) is 13.7. The number of nitrogens with zero attached hydrogens (tertiary/aromatic N) is 1. The molecule has 0 amide bonds. The molecule has 1 rings (SSSR count). The first-order valence-electron chi connectivity index (χ1n) is 6.83. The molecule has 1 aromatic rings. The molecule has 0 saturated carbocycles. The molecule has 0 fully saturated rings. The molecule has 1 atom stereocenters. The van der Waals surface area contributed by atoms with E-state index in [1.54, 1.807) is 0 Å². The lowest BCUT2D eigenvalue weighted by Crippen LogP contribution is -2.39. The zero-order valence-corrected chi connectivity index (χ0v) is 12.4. The van der Waals surface area contributed by atoms with E-state index in [-0.39, 0.29) is 12.6 Å². The Labute approximate surface area is 112 Å². The minimum Gasteiger partial charge on any atom is -0.395 e. The van der Waals surface area contributed by atoms with E-state index >= 15 is 0 Å². The van der Waals surface area contributed by atoms with Crippen LogP contribution in [0.5, 0.6) is 0 Å². The van der Waals surface area contributed by atoms with Gasteiger partial charge in [0.05, 0.1) is 6.61 Å². The molecule has 18 heavy (non-hydrogen) atoms. The Kier molecular flexibility index (Phi) is 5.83. The highest BCUT2D eigenvalue weighted by molar-refractivity contribution is 5.30. The normalized spacial score (nSPS) is 13.3. The van der Waals surface area contributed by atoms with E-state index in [4.69, 9.17) is 0 Å². The van der Waals surface area contributed by atoms with Gasteiger partial charge >= 0.3 is 0 Å². The van der Waals surface area contributed by atoms with E-state index in [9.17, 15) is 5.11 Å². The molecule has 0 heterocycles. The Morgan fingerprint density at radius 2 is 1.83 bits per heavy atom. The van der Waals surface area contributed by atoms with Gasteiger partial charge in [0, 0.05) is 12.6 Å². The van der Waals surface area contributed by atoms with E-state index < -0.39 is 0 Å². The maximum Gasteiger partial charge on any atom is 0.0589 e. The maximum absolute atomic E-state index is 9.40. The van der Waals surface area contributed by atoms with Crippen LogP contribution in [-0.2, 0) is 6.42 Å². The monoisotopic (exact) mass is 249 g/mol. The quantitative estimate of drug-likeness (QED) is 0.838. The van der Waals surface area contributed by atoms with Crippen LogP contribution in [0, 0.1) is 19.8 Å². The smallest absolute Gasteiger partial charge is 0.0589 e. The molecule has 0 saturated heterocycles. The Morgan fingerprint density at radius 1 is 1.17 bits per heavy atom. The highest BCUT2D eigenvalue weighted by Crippen LogP contribution is 2.13. The molecular formula is C16H27NO. The second-order valence-electron chi connectivity index (χ2n) is 5.64. The van der Waals surface area contributed by atoms with Crippen molar-refractivity contribution in [2.75, 3.05) is 20.2 Å². The second kappa shape index (κ2) is 6.91. The largest absolute Gasteiger partial charge is 0.395 e. The molecule has 0 aliphatic rings. The van der Waals surface area contributed by atoms with Crippen molar-refractivity contribution in [2.45, 2.75) is 40.2 Å². The number of aliphatic hydroxyl groups excluding tert-OH is 1. The third-order valence-corrected chi connectivity index (χ3v) is 3.85. The first kappa shape index (κ1) is 15.2. The Morgan fingerprint density at radius 3 is 2.33 bits per heavy atom. The summed E-state index contributed by atoms with van der Waals surface area (Å²) in [5.41, 5.74) is 4.09. The lowest BCUT2D eigenvalue weighted by Gasteiger charge is -2.29. The number of hydrogen-bond acceptors (Lipinski definition) is 2. The molecule has 0 bridgehead atoms. The molecule has 0 aromatic heterocycles. The SMILES string of the molecule is Cc1ccc(CCN(C)C(CO)C(C)C)cc1C. The first-order valence-corrected chi connectivity index (χ1v) is 6.83. The molecule has 0 aliphatic carbocycles. The standard InChI is InChI=1S/C16H27NO/c1-12(2)16(11-18)17(5)9-8-15-7-6-13(3)14(4)10-15/h6-7,10,12,16,18H,8-9,11H2,1-5H3. The van der Waals surface area contributed by atoms with Crippen molar-refractivity contribution in [2.24, 2.45) is 5.92 Å². The lowest BCUT2D eigenvalue weighted by atomic mass is 10.0. The van der Waals surface area contributed by atoms with Gasteiger partial charge < -0.3 is 10.0 Å². The molecule has 1 aromatic carbocycles. The lowest BCUT2D eigenvalue weighted by molar-refractivity contribution is 0.114. The van der Waals surface area contributed by atoms with E-state index in [0.29, 0.717) is 5.92 Å². The highest BCUT2D eigenvalue weighted by atomic mass is 16.3. The Balaban J connectivity index is 2.56. The van der Waals surface area contributed by atoms with Crippen LogP contribution in [0.3, 0.4) is 0 Å². The van der Waals surface area contributed by atoms with Gasteiger partial charge in [-0.25, -0.2) is 0 Å². The van der Waals surface area contributed by atoms with Crippen molar-refractivity contribution >= 4 is 0 Å². The zero-order valence-electron chi connectivity index (χ0n) is 12.4. The Bertz CT molecular complexity index is 373. The van der Waals surface area contributed by atoms with Crippen LogP contribution in [-0.4, -0.2) is 36.2 Å². The number of aryl methyl sites for hydroxylation is 2. The Hall–Kier alpha value is -0.860. The van der Waals surface area contributed by atoms with Gasteiger partial charge in [-0.15, -0.1) is 0 Å². The fourth-order valence-corrected chi connectivity index (χ4v) is 2.29. The summed E-state index contributed by atoms with van der Waals surface area (Å²) in [5.74, 6) is 0.486. The summed E-state index contributed by atoms with van der Waals surface area (Å²) in [6.07, 6.45) is 1.04. The fraction of sp³-hybridized carbons (Fsp3) is 0.625. The van der Waals surface area contributed by atoms with Crippen LogP contribution in [0.15, 0.2) is 18.2 Å². The molecule has 0 radical (unpaired) electrons. The van der Waals surface area contributed by atoms with Crippen molar-refractivity contribution in [1.29, 1.82) is 0 Å². The van der Waals surface area contributed by atoms with Gasteiger partial charge in [-0.3, -0.25) is 0 Å². The first-order chi connectivity index (χ1) is 8.45. The van der Waals surface area contributed by atoms with Crippen molar-refractivity contribution in [1.82, 2.24) is 4.90 Å². The van der Waals surface area contributed by atoms with Crippen LogP contribution in [0.2, 0.25) is 0 Å². The predicted molar refractivity (Wildman–Crippen MR) is 78.0 cm³/mol. The van der Waals surface area contributed by atoms with Crippen LogP contribution in [0.1, 0.15) is 30.5 Å². The van der Waals surface area contributed by atoms with Crippen LogP contribution in [0.4, 0.5) is 0 Å². The minimum absolute atomic E-state index is 0.237. The number of aliphatic hydroxyl groups is 1. The summed E-state index contributed by atoms with van der Waals surface area (Å²) in [5, 5.41) is 9.40. The van der Waals surface area contributed by atoms with Crippen molar-refractivity contribution < 1.29 is 5.11 Å². The predicted octanol–water partition coefficient (Wildman–Crippen LogP) is 2.79. The van der Waals surface area contributed by atoms with Gasteiger partial charge in [-0.2, -0.15) is 0 Å². The van der Waals surface area contributed by atoms with Crippen molar-refractivity contribution in [3.63, 3.8) is 0 Å². The van der Waals surface area contributed by atoms with E-state index in [1.807, 2.05) is 0 Å². The summed E-state index contributed by atoms with van der Waals surface area (Å²) in [4.78, 5) is 2.26. The van der Waals surface area contributed by atoms with Gasteiger partial charge in [-0.05, 0) is 49.9 Å². The molecule has 0 aliphatic heterocycles. The van der Waals surface area contributed by atoms with Gasteiger partial charge in [0.1, 0.15) is 0 Å². The average Bonchev–Trinajstić information content (AvgIpc) is 2.31. The van der Waals surface area contributed by atoms with Gasteiger partial charge in [0.2, 0.25) is 0 Å². The summed E-state index contributed by atoms with van der Waals surface area (Å²) >= 11 is 0. The molecular weight excluding hydrogens is 222 g/mol. The molecule has 1 unspecified atom stereocenters. The number of likely N-dealkylation sites (N-methyl/N-ethyl adjacent to an activating group) is 1. The fourth-order valence-electron chi connectivity index (χ4n) is 2.29. The highest BCUT2D eigenvalue weighted by Gasteiger charge is 2.17. The molecule has 2 heteroatoms. The third kappa shape index (κ3) is 4.11. The molecule has 1 N–H and O–H groups in total. The van der Waals surface area contributed by atoms with Crippen LogP contribution >= 0.6 is 0 Å². The minimum atomic E-state index is 0.237. The number of rotatable bonds is 6. The van der Waals surface area contributed by atoms with Gasteiger partial charge in [0.25, 0.3) is 0 Å². The summed E-state index contributed by atoms with van der Waals surface area (Å²) in [6.45, 7) is 9.85. The average molecular weight is 249 g/mol. The summed E-state index contributed by atoms with van der Waals surface area (Å²) < 4.78 is 0. The second-order valence-corrected chi connectivity index (χ2v) is 5.64. The topological polar surface area (TPSA) is 23.5 Å². The van der Waals surface area contributed by atoms with Crippen molar-refractivity contribution in [3.05, 3.63) is 34.9 Å². The number of benzene rings is 1. The van der Waals surface area contributed by atoms with E-state index in [2.05, 4.69) is 57.8 Å². The summed E-state index contributed by atoms with van der Waals surface area (Å²) in [6, 6.07) is 6.93. The third-order valence-electron chi connectivity index (χ3n) is 3.85. The number of hydrogen-bond donors (Lipinski definition) is 1. The molecule has 2 nitrogen and oxygen atoms in total. The van der Waals surface area contributed by atoms with Crippen LogP contribution < -0.4 is 0 Å². The maximum atomic E-state index is 9.40. The molecule has 102 valence electrons. The van der Waals surface area contributed by atoms with Crippen molar-refractivity contribution in [3.8, 4) is 0 Å². The van der Waals surface area contributed by atoms with Crippen LogP contribution in [0.25, 0.3) is 0 Å².